The highest BCUT2D eigenvalue weighted by Gasteiger charge is 2.34. The maximum Gasteiger partial charge on any atom is 0.418 e. The van der Waals surface area contributed by atoms with E-state index in [9.17, 15) is 22.8 Å². The molecular weight excluding hydrogens is 395 g/mol. The van der Waals surface area contributed by atoms with Crippen LogP contribution >= 0.6 is 0 Å². The van der Waals surface area contributed by atoms with Crippen LogP contribution in [0.1, 0.15) is 30.0 Å². The van der Waals surface area contributed by atoms with Crippen molar-refractivity contribution in [2.75, 3.05) is 32.0 Å². The topological polar surface area (TPSA) is 52.7 Å². The number of halogens is 3. The van der Waals surface area contributed by atoms with Crippen molar-refractivity contribution in [1.82, 2.24) is 9.80 Å². The average molecular weight is 419 g/mol. The summed E-state index contributed by atoms with van der Waals surface area (Å²) in [5.41, 5.74) is -0.473. The predicted octanol–water partition coefficient (Wildman–Crippen LogP) is 3.94. The van der Waals surface area contributed by atoms with E-state index in [0.29, 0.717) is 13.1 Å². The third-order valence-corrected chi connectivity index (χ3v) is 5.11. The van der Waals surface area contributed by atoms with Crippen LogP contribution in [-0.2, 0) is 15.8 Å². The van der Waals surface area contributed by atoms with E-state index in [4.69, 9.17) is 0 Å². The molecule has 30 heavy (non-hydrogen) atoms. The van der Waals surface area contributed by atoms with E-state index in [2.05, 4.69) is 5.32 Å². The third kappa shape index (κ3) is 5.18. The van der Waals surface area contributed by atoms with Crippen molar-refractivity contribution < 1.29 is 22.8 Å². The minimum absolute atomic E-state index is 0.107. The van der Waals surface area contributed by atoms with Gasteiger partial charge in [0.1, 0.15) is 6.04 Å². The Balaban J connectivity index is 1.77. The number of alkyl halides is 3. The van der Waals surface area contributed by atoms with E-state index in [-0.39, 0.29) is 18.1 Å². The number of carbonyl (C=O) groups is 2. The highest BCUT2D eigenvalue weighted by atomic mass is 19.4. The highest BCUT2D eigenvalue weighted by Crippen LogP contribution is 2.34. The summed E-state index contributed by atoms with van der Waals surface area (Å²) < 4.78 is 39.5. The van der Waals surface area contributed by atoms with Crippen molar-refractivity contribution in [1.29, 1.82) is 0 Å². The number of para-hydroxylation sites is 1. The van der Waals surface area contributed by atoms with E-state index in [1.54, 1.807) is 16.8 Å². The lowest BCUT2D eigenvalue weighted by atomic mass is 10.0. The molecule has 1 fully saturated rings. The van der Waals surface area contributed by atoms with Gasteiger partial charge in [0.15, 0.2) is 0 Å². The van der Waals surface area contributed by atoms with Crippen LogP contribution in [0.2, 0.25) is 0 Å². The van der Waals surface area contributed by atoms with E-state index >= 15 is 0 Å². The summed E-state index contributed by atoms with van der Waals surface area (Å²) in [4.78, 5) is 29.0. The van der Waals surface area contributed by atoms with Crippen LogP contribution in [0.5, 0.6) is 0 Å². The molecule has 1 aliphatic rings. The first-order valence-electron chi connectivity index (χ1n) is 9.77. The number of nitrogens with one attached hydrogen (secondary N) is 1. The van der Waals surface area contributed by atoms with Crippen molar-refractivity contribution in [2.24, 2.45) is 0 Å². The molecule has 2 aromatic carbocycles. The SMILES string of the molecule is CN(CC(=O)Nc1ccccc1C(F)(F)F)C(C(=O)N1CCCC1)c1ccccc1. The van der Waals surface area contributed by atoms with E-state index in [1.165, 1.54) is 18.2 Å². The number of anilines is 1. The number of benzene rings is 2. The normalized spacial score (nSPS) is 15.3. The van der Waals surface area contributed by atoms with Crippen molar-refractivity contribution in [3.05, 3.63) is 65.7 Å². The molecule has 0 saturated carbocycles. The van der Waals surface area contributed by atoms with Crippen LogP contribution in [0.3, 0.4) is 0 Å². The molecule has 1 heterocycles. The minimum atomic E-state index is -4.58. The van der Waals surface area contributed by atoms with Gasteiger partial charge in [0.2, 0.25) is 11.8 Å². The van der Waals surface area contributed by atoms with Crippen molar-refractivity contribution in [3.8, 4) is 0 Å². The summed E-state index contributed by atoms with van der Waals surface area (Å²) in [7, 11) is 1.63. The average Bonchev–Trinajstić information content (AvgIpc) is 3.23. The molecule has 0 aromatic heterocycles. The lowest BCUT2D eigenvalue weighted by Crippen LogP contribution is -2.43. The maximum absolute atomic E-state index is 13.2. The Labute approximate surface area is 173 Å². The van der Waals surface area contributed by atoms with Gasteiger partial charge in [-0.1, -0.05) is 42.5 Å². The van der Waals surface area contributed by atoms with E-state index in [1.807, 2.05) is 30.3 Å². The molecule has 1 saturated heterocycles. The molecular formula is C22H24F3N3O2. The van der Waals surface area contributed by atoms with Gasteiger partial charge in [0, 0.05) is 13.1 Å². The Kier molecular flexibility index (Phi) is 6.77. The molecule has 5 nitrogen and oxygen atoms in total. The van der Waals surface area contributed by atoms with Crippen molar-refractivity contribution in [3.63, 3.8) is 0 Å². The monoisotopic (exact) mass is 419 g/mol. The zero-order chi connectivity index (χ0) is 21.7. The zero-order valence-electron chi connectivity index (χ0n) is 16.7. The first-order valence-corrected chi connectivity index (χ1v) is 9.77. The van der Waals surface area contributed by atoms with Crippen molar-refractivity contribution >= 4 is 17.5 Å². The Hall–Kier alpha value is -2.87. The van der Waals surface area contributed by atoms with Gasteiger partial charge in [-0.25, -0.2) is 0 Å². The third-order valence-electron chi connectivity index (χ3n) is 5.11. The predicted molar refractivity (Wildman–Crippen MR) is 108 cm³/mol. The fourth-order valence-electron chi connectivity index (χ4n) is 3.68. The van der Waals surface area contributed by atoms with E-state index in [0.717, 1.165) is 24.5 Å². The second kappa shape index (κ2) is 9.30. The van der Waals surface area contributed by atoms with Crippen LogP contribution in [0.4, 0.5) is 18.9 Å². The van der Waals surface area contributed by atoms with Gasteiger partial charge < -0.3 is 10.2 Å². The minimum Gasteiger partial charge on any atom is -0.341 e. The molecule has 2 aromatic rings. The van der Waals surface area contributed by atoms with Gasteiger partial charge in [-0.2, -0.15) is 13.2 Å². The second-order valence-corrected chi connectivity index (χ2v) is 7.35. The summed E-state index contributed by atoms with van der Waals surface area (Å²) >= 11 is 0. The summed E-state index contributed by atoms with van der Waals surface area (Å²) in [5, 5.41) is 2.34. The first kappa shape index (κ1) is 21.8. The molecule has 0 bridgehead atoms. The Bertz CT molecular complexity index is 881. The molecule has 0 aliphatic carbocycles. The largest absolute Gasteiger partial charge is 0.418 e. The number of hydrogen-bond donors (Lipinski definition) is 1. The zero-order valence-corrected chi connectivity index (χ0v) is 16.7. The molecule has 0 radical (unpaired) electrons. The van der Waals surface area contributed by atoms with Crippen LogP contribution < -0.4 is 5.32 Å². The number of likely N-dealkylation sites (N-methyl/N-ethyl adjacent to an activating group) is 1. The molecule has 2 amide bonds. The van der Waals surface area contributed by atoms with Crippen LogP contribution in [-0.4, -0.2) is 48.3 Å². The fraction of sp³-hybridized carbons (Fsp3) is 0.364. The van der Waals surface area contributed by atoms with Crippen molar-refractivity contribution in [2.45, 2.75) is 25.1 Å². The summed E-state index contributed by atoms with van der Waals surface area (Å²) in [6, 6.07) is 13.2. The number of amides is 2. The standard InChI is InChI=1S/C22H24F3N3O2/c1-27(15-19(29)26-18-12-6-5-11-17(18)22(23,24)25)20(16-9-3-2-4-10-16)21(30)28-13-7-8-14-28/h2-6,9-12,20H,7-8,13-15H2,1H3,(H,26,29). The number of rotatable bonds is 6. The lowest BCUT2D eigenvalue weighted by molar-refractivity contribution is -0.137. The Morgan fingerprint density at radius 2 is 1.63 bits per heavy atom. The molecule has 1 aliphatic heterocycles. The number of hydrogen-bond acceptors (Lipinski definition) is 3. The van der Waals surface area contributed by atoms with Gasteiger partial charge in [0.05, 0.1) is 17.8 Å². The van der Waals surface area contributed by atoms with E-state index < -0.39 is 23.7 Å². The molecule has 3 rings (SSSR count). The smallest absolute Gasteiger partial charge is 0.341 e. The highest BCUT2D eigenvalue weighted by molar-refractivity contribution is 5.93. The molecule has 8 heteroatoms. The fourth-order valence-corrected chi connectivity index (χ4v) is 3.68. The second-order valence-electron chi connectivity index (χ2n) is 7.35. The summed E-state index contributed by atoms with van der Waals surface area (Å²) in [5.74, 6) is -0.728. The van der Waals surface area contributed by atoms with Gasteiger partial charge in [-0.05, 0) is 37.6 Å². The Morgan fingerprint density at radius 3 is 2.27 bits per heavy atom. The number of nitrogens with zero attached hydrogens (tertiary/aromatic N) is 2. The van der Waals surface area contributed by atoms with Crippen LogP contribution in [0.15, 0.2) is 54.6 Å². The van der Waals surface area contributed by atoms with Gasteiger partial charge in [-0.3, -0.25) is 14.5 Å². The first-order chi connectivity index (χ1) is 14.3. The number of carbonyl (C=O) groups excluding carboxylic acids is 2. The lowest BCUT2D eigenvalue weighted by Gasteiger charge is -2.30. The number of likely N-dealkylation sites (tertiary alicyclic amines) is 1. The Morgan fingerprint density at radius 1 is 1.03 bits per heavy atom. The molecule has 1 atom stereocenters. The molecule has 1 unspecified atom stereocenters. The van der Waals surface area contributed by atoms with Crippen LogP contribution in [0, 0.1) is 0 Å². The molecule has 1 N–H and O–H groups in total. The maximum atomic E-state index is 13.2. The quantitative estimate of drug-likeness (QED) is 0.772. The van der Waals surface area contributed by atoms with Crippen LogP contribution in [0.25, 0.3) is 0 Å². The van der Waals surface area contributed by atoms with Gasteiger partial charge >= 0.3 is 6.18 Å². The van der Waals surface area contributed by atoms with Gasteiger partial charge in [0.25, 0.3) is 0 Å². The van der Waals surface area contributed by atoms with Gasteiger partial charge in [-0.15, -0.1) is 0 Å². The molecule has 0 spiro atoms. The summed E-state index contributed by atoms with van der Waals surface area (Å²) in [6.07, 6.45) is -2.70. The molecule has 160 valence electrons. The summed E-state index contributed by atoms with van der Waals surface area (Å²) in [6.45, 7) is 1.10.